The summed E-state index contributed by atoms with van der Waals surface area (Å²) < 4.78 is 1.00. The maximum absolute atomic E-state index is 12.5. The van der Waals surface area contributed by atoms with Crippen LogP contribution in [-0.2, 0) is 6.54 Å². The van der Waals surface area contributed by atoms with E-state index in [0.717, 1.165) is 33.5 Å². The van der Waals surface area contributed by atoms with Crippen LogP contribution < -0.4 is 5.32 Å². The minimum Gasteiger partial charge on any atom is -0.320 e. The first kappa shape index (κ1) is 17.4. The molecule has 0 atom stereocenters. The van der Waals surface area contributed by atoms with E-state index < -0.39 is 0 Å². The molecule has 6 heteroatoms. The zero-order valence-corrected chi connectivity index (χ0v) is 15.7. The smallest absolute Gasteiger partial charge is 0.273 e. The number of hydrogen-bond donors (Lipinski definition) is 2. The molecular formula is C19H19BrN4O. The molecule has 3 rings (SSSR count). The Hall–Kier alpha value is -2.44. The average Bonchev–Trinajstić information content (AvgIpc) is 3.07. The second-order valence-electron chi connectivity index (χ2n) is 6.02. The number of H-pyrrole nitrogens is 1. The molecule has 0 saturated heterocycles. The summed E-state index contributed by atoms with van der Waals surface area (Å²) in [4.78, 5) is 14.6. The molecule has 128 valence electrons. The van der Waals surface area contributed by atoms with Crippen molar-refractivity contribution in [2.45, 2.75) is 6.54 Å². The molecule has 0 saturated carbocycles. The second kappa shape index (κ2) is 7.63. The number of nitrogens with one attached hydrogen (secondary N) is 2. The van der Waals surface area contributed by atoms with Crippen LogP contribution in [0.5, 0.6) is 0 Å². The number of nitrogens with zero attached hydrogens (tertiary/aromatic N) is 2. The summed E-state index contributed by atoms with van der Waals surface area (Å²) in [6.45, 7) is 0.754. The molecule has 0 fully saturated rings. The number of amides is 1. The molecule has 0 radical (unpaired) electrons. The fourth-order valence-corrected chi connectivity index (χ4v) is 2.78. The van der Waals surface area contributed by atoms with Gasteiger partial charge in [-0.15, -0.1) is 0 Å². The van der Waals surface area contributed by atoms with Gasteiger partial charge in [0.05, 0.1) is 5.69 Å². The van der Waals surface area contributed by atoms with Crippen LogP contribution >= 0.6 is 15.9 Å². The Morgan fingerprint density at radius 1 is 1.16 bits per heavy atom. The third kappa shape index (κ3) is 4.35. The third-order valence-corrected chi connectivity index (χ3v) is 4.24. The number of para-hydroxylation sites is 1. The maximum atomic E-state index is 12.5. The van der Waals surface area contributed by atoms with E-state index in [1.54, 1.807) is 6.07 Å². The summed E-state index contributed by atoms with van der Waals surface area (Å²) in [6, 6.07) is 17.3. The van der Waals surface area contributed by atoms with E-state index in [4.69, 9.17) is 0 Å². The Morgan fingerprint density at radius 3 is 2.60 bits per heavy atom. The van der Waals surface area contributed by atoms with Crippen molar-refractivity contribution in [1.82, 2.24) is 15.1 Å². The highest BCUT2D eigenvalue weighted by Gasteiger charge is 2.13. The highest BCUT2D eigenvalue weighted by Crippen LogP contribution is 2.22. The normalized spacial score (nSPS) is 10.9. The molecule has 0 spiro atoms. The van der Waals surface area contributed by atoms with E-state index >= 15 is 0 Å². The van der Waals surface area contributed by atoms with Crippen LogP contribution in [0.15, 0.2) is 59.1 Å². The molecule has 0 aliphatic carbocycles. The van der Waals surface area contributed by atoms with E-state index in [1.165, 1.54) is 0 Å². The molecule has 0 aliphatic heterocycles. The largest absolute Gasteiger partial charge is 0.320 e. The summed E-state index contributed by atoms with van der Waals surface area (Å²) in [7, 11) is 4.00. The lowest BCUT2D eigenvalue weighted by Crippen LogP contribution is -2.16. The van der Waals surface area contributed by atoms with Crippen molar-refractivity contribution in [3.05, 3.63) is 70.3 Å². The summed E-state index contributed by atoms with van der Waals surface area (Å²) in [5, 5.41) is 10.0. The van der Waals surface area contributed by atoms with Gasteiger partial charge in [-0.05, 0) is 43.9 Å². The Kier molecular flexibility index (Phi) is 5.31. The van der Waals surface area contributed by atoms with Crippen LogP contribution in [0.2, 0.25) is 0 Å². The topological polar surface area (TPSA) is 61.0 Å². The van der Waals surface area contributed by atoms with Crippen molar-refractivity contribution in [2.75, 3.05) is 19.4 Å². The first-order valence-electron chi connectivity index (χ1n) is 7.88. The standard InChI is InChI=1S/C19H19BrN4O/c1-24(2)12-14-5-3-4-6-16(14)21-19(25)18-11-17(22-23-18)13-7-9-15(20)10-8-13/h3-11H,12H2,1-2H3,(H,21,25)(H,22,23). The van der Waals surface area contributed by atoms with Gasteiger partial charge in [0.25, 0.3) is 5.91 Å². The van der Waals surface area contributed by atoms with Crippen LogP contribution in [0.1, 0.15) is 16.1 Å². The second-order valence-corrected chi connectivity index (χ2v) is 6.94. The van der Waals surface area contributed by atoms with Gasteiger partial charge in [-0.25, -0.2) is 0 Å². The molecule has 3 aromatic rings. The lowest BCUT2D eigenvalue weighted by molar-refractivity contribution is 0.102. The van der Waals surface area contributed by atoms with Crippen LogP contribution in [-0.4, -0.2) is 35.1 Å². The van der Waals surface area contributed by atoms with Crippen molar-refractivity contribution >= 4 is 27.5 Å². The molecular weight excluding hydrogens is 380 g/mol. The Balaban J connectivity index is 1.78. The molecule has 1 aromatic heterocycles. The van der Waals surface area contributed by atoms with Gasteiger partial charge in [0.1, 0.15) is 5.69 Å². The van der Waals surface area contributed by atoms with Gasteiger partial charge in [0, 0.05) is 22.3 Å². The summed E-state index contributed by atoms with van der Waals surface area (Å²) in [5.41, 5.74) is 3.98. The van der Waals surface area contributed by atoms with Crippen molar-refractivity contribution in [1.29, 1.82) is 0 Å². The monoisotopic (exact) mass is 398 g/mol. The quantitative estimate of drug-likeness (QED) is 0.678. The zero-order valence-electron chi connectivity index (χ0n) is 14.1. The number of aromatic nitrogens is 2. The number of anilines is 1. The Labute approximate surface area is 155 Å². The number of halogens is 1. The third-order valence-electron chi connectivity index (χ3n) is 3.71. The molecule has 5 nitrogen and oxygen atoms in total. The van der Waals surface area contributed by atoms with E-state index in [-0.39, 0.29) is 5.91 Å². The summed E-state index contributed by atoms with van der Waals surface area (Å²) >= 11 is 3.41. The van der Waals surface area contributed by atoms with Crippen molar-refractivity contribution in [3.63, 3.8) is 0 Å². The fourth-order valence-electron chi connectivity index (χ4n) is 2.52. The lowest BCUT2D eigenvalue weighted by atomic mass is 10.1. The van der Waals surface area contributed by atoms with Crippen LogP contribution in [0.25, 0.3) is 11.3 Å². The number of benzene rings is 2. The lowest BCUT2D eigenvalue weighted by Gasteiger charge is -2.14. The molecule has 1 heterocycles. The van der Waals surface area contributed by atoms with Gasteiger partial charge in [0.15, 0.2) is 0 Å². The highest BCUT2D eigenvalue weighted by molar-refractivity contribution is 9.10. The molecule has 1 amide bonds. The minimum atomic E-state index is -0.206. The molecule has 0 unspecified atom stereocenters. The van der Waals surface area contributed by atoms with Gasteiger partial charge < -0.3 is 10.2 Å². The number of carbonyl (C=O) groups is 1. The first-order valence-corrected chi connectivity index (χ1v) is 8.67. The number of rotatable bonds is 5. The van der Waals surface area contributed by atoms with Gasteiger partial charge in [-0.2, -0.15) is 5.10 Å². The van der Waals surface area contributed by atoms with E-state index in [1.807, 2.05) is 62.6 Å². The maximum Gasteiger partial charge on any atom is 0.273 e. The van der Waals surface area contributed by atoms with Gasteiger partial charge in [0.2, 0.25) is 0 Å². The molecule has 2 N–H and O–H groups in total. The summed E-state index contributed by atoms with van der Waals surface area (Å²) in [6.07, 6.45) is 0. The SMILES string of the molecule is CN(C)Cc1ccccc1NC(=O)c1cc(-c2ccc(Br)cc2)n[nH]1. The molecule has 2 aromatic carbocycles. The number of hydrogen-bond acceptors (Lipinski definition) is 3. The van der Waals surface area contributed by atoms with Crippen molar-refractivity contribution in [2.24, 2.45) is 0 Å². The first-order chi connectivity index (χ1) is 12.0. The van der Waals surface area contributed by atoms with E-state index in [0.29, 0.717) is 5.69 Å². The molecule has 0 bridgehead atoms. The predicted molar refractivity (Wildman–Crippen MR) is 104 cm³/mol. The average molecular weight is 399 g/mol. The van der Waals surface area contributed by atoms with Crippen molar-refractivity contribution in [3.8, 4) is 11.3 Å². The van der Waals surface area contributed by atoms with Crippen LogP contribution in [0.3, 0.4) is 0 Å². The Bertz CT molecular complexity index is 871. The Morgan fingerprint density at radius 2 is 1.88 bits per heavy atom. The van der Waals surface area contributed by atoms with Gasteiger partial charge in [-0.3, -0.25) is 9.89 Å². The minimum absolute atomic E-state index is 0.206. The van der Waals surface area contributed by atoms with Crippen LogP contribution in [0.4, 0.5) is 5.69 Å². The molecule has 0 aliphatic rings. The fraction of sp³-hybridized carbons (Fsp3) is 0.158. The van der Waals surface area contributed by atoms with Gasteiger partial charge in [-0.1, -0.05) is 46.3 Å². The van der Waals surface area contributed by atoms with Gasteiger partial charge >= 0.3 is 0 Å². The summed E-state index contributed by atoms with van der Waals surface area (Å²) in [5.74, 6) is -0.206. The van der Waals surface area contributed by atoms with Crippen LogP contribution in [0, 0.1) is 0 Å². The molecule has 25 heavy (non-hydrogen) atoms. The van der Waals surface area contributed by atoms with Crippen molar-refractivity contribution < 1.29 is 4.79 Å². The predicted octanol–water partition coefficient (Wildman–Crippen LogP) is 4.15. The van der Waals surface area contributed by atoms with E-state index in [9.17, 15) is 4.79 Å². The number of aromatic amines is 1. The zero-order chi connectivity index (χ0) is 17.8. The number of carbonyl (C=O) groups excluding carboxylic acids is 1. The highest BCUT2D eigenvalue weighted by atomic mass is 79.9. The van der Waals surface area contributed by atoms with E-state index in [2.05, 4.69) is 36.3 Å².